The predicted octanol–water partition coefficient (Wildman–Crippen LogP) is 2.13. The highest BCUT2D eigenvalue weighted by Gasteiger charge is 2.13. The minimum absolute atomic E-state index is 0.202. The molecule has 0 aliphatic carbocycles. The van der Waals surface area contributed by atoms with Crippen molar-refractivity contribution in [1.82, 2.24) is 5.32 Å². The van der Waals surface area contributed by atoms with Crippen LogP contribution in [-0.4, -0.2) is 19.0 Å². The molecule has 0 aliphatic heterocycles. The lowest BCUT2D eigenvalue weighted by Crippen LogP contribution is -2.25. The number of rotatable bonds is 4. The van der Waals surface area contributed by atoms with Crippen molar-refractivity contribution in [3.63, 3.8) is 0 Å². The first kappa shape index (κ1) is 11.8. The summed E-state index contributed by atoms with van der Waals surface area (Å²) in [5.41, 5.74) is 5.72. The van der Waals surface area contributed by atoms with Crippen molar-refractivity contribution in [1.29, 1.82) is 0 Å². The Morgan fingerprint density at radius 3 is 2.79 bits per heavy atom. The van der Waals surface area contributed by atoms with Gasteiger partial charge in [-0.1, -0.05) is 23.2 Å². The molecule has 0 atom stereocenters. The molecule has 0 aliphatic rings. The fourth-order valence-corrected chi connectivity index (χ4v) is 2.35. The highest BCUT2D eigenvalue weighted by molar-refractivity contribution is 7.20. The Morgan fingerprint density at radius 2 is 2.29 bits per heavy atom. The first-order valence-corrected chi connectivity index (χ1v) is 5.65. The number of nitrogens with two attached hydrogens (primary N) is 1. The molecule has 0 saturated heterocycles. The summed E-state index contributed by atoms with van der Waals surface area (Å²) in [7, 11) is 0. The summed E-state index contributed by atoms with van der Waals surface area (Å²) in [6.07, 6.45) is 0.751. The molecule has 0 saturated carbocycles. The molecule has 1 aromatic heterocycles. The molecule has 0 unspecified atom stereocenters. The SMILES string of the molecule is NCCCNC(=O)c1cc(Cl)sc1Cl. The van der Waals surface area contributed by atoms with E-state index in [-0.39, 0.29) is 5.91 Å². The van der Waals surface area contributed by atoms with Crippen LogP contribution in [-0.2, 0) is 0 Å². The van der Waals surface area contributed by atoms with Crippen molar-refractivity contribution in [2.75, 3.05) is 13.1 Å². The monoisotopic (exact) mass is 252 g/mol. The molecule has 1 heterocycles. The molecule has 0 radical (unpaired) electrons. The van der Waals surface area contributed by atoms with Gasteiger partial charge in [0.05, 0.1) is 9.90 Å². The first-order chi connectivity index (χ1) is 6.65. The number of hydrogen-bond acceptors (Lipinski definition) is 3. The fraction of sp³-hybridized carbons (Fsp3) is 0.375. The number of carbonyl (C=O) groups excluding carboxylic acids is 1. The lowest BCUT2D eigenvalue weighted by atomic mass is 10.3. The molecule has 3 N–H and O–H groups in total. The predicted molar refractivity (Wildman–Crippen MR) is 60.3 cm³/mol. The van der Waals surface area contributed by atoms with E-state index in [0.717, 1.165) is 6.42 Å². The summed E-state index contributed by atoms with van der Waals surface area (Å²) >= 11 is 12.7. The zero-order valence-corrected chi connectivity index (χ0v) is 9.68. The summed E-state index contributed by atoms with van der Waals surface area (Å²) in [6, 6.07) is 1.56. The average molecular weight is 253 g/mol. The molecular weight excluding hydrogens is 243 g/mol. The van der Waals surface area contributed by atoms with Gasteiger partial charge in [-0.3, -0.25) is 4.79 Å². The van der Waals surface area contributed by atoms with Crippen LogP contribution in [0, 0.1) is 0 Å². The van der Waals surface area contributed by atoms with Crippen LogP contribution in [0.15, 0.2) is 6.07 Å². The molecule has 0 aromatic carbocycles. The highest BCUT2D eigenvalue weighted by atomic mass is 35.5. The standard InChI is InChI=1S/C8H10Cl2N2OS/c9-6-4-5(7(10)14-6)8(13)12-3-1-2-11/h4H,1-3,11H2,(H,12,13). The third-order valence-electron chi connectivity index (χ3n) is 1.57. The first-order valence-electron chi connectivity index (χ1n) is 4.08. The number of carbonyl (C=O) groups is 1. The zero-order chi connectivity index (χ0) is 10.6. The van der Waals surface area contributed by atoms with E-state index in [2.05, 4.69) is 5.32 Å². The Balaban J connectivity index is 2.56. The van der Waals surface area contributed by atoms with E-state index < -0.39 is 0 Å². The topological polar surface area (TPSA) is 55.1 Å². The zero-order valence-electron chi connectivity index (χ0n) is 7.35. The third-order valence-corrected chi connectivity index (χ3v) is 3.06. The maximum absolute atomic E-state index is 11.5. The number of amides is 1. The van der Waals surface area contributed by atoms with Crippen molar-refractivity contribution in [3.05, 3.63) is 20.3 Å². The molecule has 3 nitrogen and oxygen atoms in total. The summed E-state index contributed by atoms with van der Waals surface area (Å²) in [5.74, 6) is -0.202. The Hall–Kier alpha value is -0.290. The van der Waals surface area contributed by atoms with Crippen molar-refractivity contribution in [2.45, 2.75) is 6.42 Å². The van der Waals surface area contributed by atoms with E-state index >= 15 is 0 Å². The number of nitrogens with one attached hydrogen (secondary N) is 1. The molecular formula is C8H10Cl2N2OS. The Morgan fingerprint density at radius 1 is 1.57 bits per heavy atom. The molecule has 78 valence electrons. The van der Waals surface area contributed by atoms with Crippen molar-refractivity contribution in [2.24, 2.45) is 5.73 Å². The Kier molecular flexibility index (Phi) is 4.68. The smallest absolute Gasteiger partial charge is 0.253 e. The van der Waals surface area contributed by atoms with Gasteiger partial charge in [-0.05, 0) is 19.0 Å². The van der Waals surface area contributed by atoms with Gasteiger partial charge in [0, 0.05) is 6.54 Å². The van der Waals surface area contributed by atoms with Crippen LogP contribution < -0.4 is 11.1 Å². The van der Waals surface area contributed by atoms with Crippen molar-refractivity contribution < 1.29 is 4.79 Å². The minimum Gasteiger partial charge on any atom is -0.352 e. The van der Waals surface area contributed by atoms with Crippen LogP contribution in [0.4, 0.5) is 0 Å². The van der Waals surface area contributed by atoms with Crippen molar-refractivity contribution in [3.8, 4) is 0 Å². The minimum atomic E-state index is -0.202. The second-order valence-electron chi connectivity index (χ2n) is 2.64. The quantitative estimate of drug-likeness (QED) is 0.807. The van der Waals surface area contributed by atoms with E-state index in [1.165, 1.54) is 11.3 Å². The maximum atomic E-state index is 11.5. The fourth-order valence-electron chi connectivity index (χ4n) is 0.894. The van der Waals surface area contributed by atoms with Gasteiger partial charge in [-0.2, -0.15) is 0 Å². The summed E-state index contributed by atoms with van der Waals surface area (Å²) in [6.45, 7) is 1.11. The molecule has 0 bridgehead atoms. The van der Waals surface area contributed by atoms with Crippen LogP contribution in [0.3, 0.4) is 0 Å². The maximum Gasteiger partial charge on any atom is 0.253 e. The van der Waals surface area contributed by atoms with Gasteiger partial charge < -0.3 is 11.1 Å². The lowest BCUT2D eigenvalue weighted by Gasteiger charge is -2.01. The van der Waals surface area contributed by atoms with E-state index in [4.69, 9.17) is 28.9 Å². The largest absolute Gasteiger partial charge is 0.352 e. The Labute approximate surface area is 96.2 Å². The molecule has 1 rings (SSSR count). The van der Waals surface area contributed by atoms with Crippen LogP contribution in [0.2, 0.25) is 8.67 Å². The van der Waals surface area contributed by atoms with Crippen LogP contribution in [0.1, 0.15) is 16.8 Å². The highest BCUT2D eigenvalue weighted by Crippen LogP contribution is 2.30. The van der Waals surface area contributed by atoms with Crippen LogP contribution in [0.5, 0.6) is 0 Å². The number of hydrogen-bond donors (Lipinski definition) is 2. The van der Waals surface area contributed by atoms with Gasteiger partial charge >= 0.3 is 0 Å². The molecule has 1 aromatic rings. The van der Waals surface area contributed by atoms with Crippen molar-refractivity contribution >= 4 is 40.4 Å². The van der Waals surface area contributed by atoms with Gasteiger partial charge in [-0.25, -0.2) is 0 Å². The van der Waals surface area contributed by atoms with Gasteiger partial charge in [0.25, 0.3) is 5.91 Å². The summed E-state index contributed by atoms with van der Waals surface area (Å²) in [5, 5.41) is 2.70. The molecule has 1 amide bonds. The number of thiophene rings is 1. The van der Waals surface area contributed by atoms with Gasteiger partial charge in [0.2, 0.25) is 0 Å². The Bertz CT molecular complexity index is 327. The number of halogens is 2. The molecule has 0 fully saturated rings. The van der Waals surface area contributed by atoms with Crippen LogP contribution in [0.25, 0.3) is 0 Å². The van der Waals surface area contributed by atoms with Gasteiger partial charge in [0.1, 0.15) is 4.34 Å². The van der Waals surface area contributed by atoms with Gasteiger partial charge in [-0.15, -0.1) is 11.3 Å². The van der Waals surface area contributed by atoms with Crippen LogP contribution >= 0.6 is 34.5 Å². The average Bonchev–Trinajstić information content (AvgIpc) is 2.45. The normalized spacial score (nSPS) is 10.2. The second-order valence-corrected chi connectivity index (χ2v) is 4.92. The van der Waals surface area contributed by atoms with E-state index in [1.54, 1.807) is 6.07 Å². The second kappa shape index (κ2) is 5.56. The summed E-state index contributed by atoms with van der Waals surface area (Å²) in [4.78, 5) is 11.5. The van der Waals surface area contributed by atoms with E-state index in [9.17, 15) is 4.79 Å². The van der Waals surface area contributed by atoms with E-state index in [0.29, 0.717) is 27.3 Å². The lowest BCUT2D eigenvalue weighted by molar-refractivity contribution is 0.0954. The molecule has 0 spiro atoms. The summed E-state index contributed by atoms with van der Waals surface area (Å²) < 4.78 is 0.930. The molecule has 14 heavy (non-hydrogen) atoms. The third kappa shape index (κ3) is 3.13. The molecule has 6 heteroatoms. The van der Waals surface area contributed by atoms with E-state index in [1.807, 2.05) is 0 Å². The van der Waals surface area contributed by atoms with Gasteiger partial charge in [0.15, 0.2) is 0 Å².